The second kappa shape index (κ2) is 6.43. The first kappa shape index (κ1) is 16.4. The number of halogens is 5. The molecule has 0 aliphatic rings. The fraction of sp³-hybridized carbons (Fsp3) is 0.231. The van der Waals surface area contributed by atoms with Crippen molar-refractivity contribution >= 4 is 27.3 Å². The summed E-state index contributed by atoms with van der Waals surface area (Å²) in [5, 5.41) is 0. The van der Waals surface area contributed by atoms with Crippen LogP contribution in [-0.2, 0) is 12.6 Å². The molecule has 0 radical (unpaired) electrons. The quantitative estimate of drug-likeness (QED) is 0.466. The number of nitrogens with one attached hydrogen (secondary N) is 1. The Labute approximate surface area is 131 Å². The minimum Gasteiger partial charge on any atom is -0.271 e. The van der Waals surface area contributed by atoms with Crippen LogP contribution in [0.25, 0.3) is 0 Å². The molecule has 1 heterocycles. The van der Waals surface area contributed by atoms with Crippen molar-refractivity contribution in [3.05, 3.63) is 55.9 Å². The second-order valence-electron chi connectivity index (χ2n) is 4.36. The van der Waals surface area contributed by atoms with Crippen LogP contribution in [0.4, 0.5) is 17.6 Å². The van der Waals surface area contributed by atoms with E-state index in [2.05, 4.69) is 21.4 Å². The summed E-state index contributed by atoms with van der Waals surface area (Å²) in [6, 6.07) is 5.21. The van der Waals surface area contributed by atoms with Crippen LogP contribution in [0, 0.1) is 5.82 Å². The number of thiophene rings is 1. The Morgan fingerprint density at radius 1 is 1.24 bits per heavy atom. The molecule has 3 N–H and O–H groups in total. The van der Waals surface area contributed by atoms with Gasteiger partial charge in [-0.3, -0.25) is 11.3 Å². The summed E-state index contributed by atoms with van der Waals surface area (Å²) in [6.45, 7) is 0. The molecule has 1 aromatic heterocycles. The fourth-order valence-electron chi connectivity index (χ4n) is 1.91. The summed E-state index contributed by atoms with van der Waals surface area (Å²) in [5.74, 6) is 4.66. The molecule has 0 aliphatic carbocycles. The minimum atomic E-state index is -4.52. The highest BCUT2D eigenvalue weighted by atomic mass is 79.9. The van der Waals surface area contributed by atoms with E-state index >= 15 is 0 Å². The van der Waals surface area contributed by atoms with Gasteiger partial charge in [0.15, 0.2) is 0 Å². The van der Waals surface area contributed by atoms with E-state index in [0.717, 1.165) is 20.8 Å². The van der Waals surface area contributed by atoms with Crippen LogP contribution in [0.3, 0.4) is 0 Å². The topological polar surface area (TPSA) is 38.0 Å². The van der Waals surface area contributed by atoms with Crippen molar-refractivity contribution in [2.45, 2.75) is 18.6 Å². The van der Waals surface area contributed by atoms with Gasteiger partial charge in [0.2, 0.25) is 0 Å². The van der Waals surface area contributed by atoms with E-state index in [0.29, 0.717) is 12.5 Å². The lowest BCUT2D eigenvalue weighted by atomic mass is 10.00. The van der Waals surface area contributed by atoms with Crippen LogP contribution in [0.15, 0.2) is 34.1 Å². The molecule has 2 rings (SSSR count). The van der Waals surface area contributed by atoms with E-state index in [4.69, 9.17) is 5.84 Å². The van der Waals surface area contributed by atoms with E-state index in [1.807, 2.05) is 12.1 Å². The van der Waals surface area contributed by atoms with Crippen molar-refractivity contribution in [2.24, 2.45) is 5.84 Å². The van der Waals surface area contributed by atoms with Crippen molar-refractivity contribution in [3.8, 4) is 0 Å². The summed E-state index contributed by atoms with van der Waals surface area (Å²) < 4.78 is 52.9. The van der Waals surface area contributed by atoms with E-state index < -0.39 is 23.6 Å². The first-order valence-corrected chi connectivity index (χ1v) is 7.49. The van der Waals surface area contributed by atoms with Gasteiger partial charge in [-0.1, -0.05) is 0 Å². The number of benzene rings is 1. The molecule has 0 saturated carbocycles. The SMILES string of the molecule is NNC(Cc1ccc(Br)s1)c1cc(C(F)(F)F)ccc1F. The van der Waals surface area contributed by atoms with Crippen molar-refractivity contribution in [2.75, 3.05) is 0 Å². The zero-order chi connectivity index (χ0) is 15.6. The smallest absolute Gasteiger partial charge is 0.271 e. The Bertz CT molecular complexity index is 627. The molecule has 0 spiro atoms. The molecular weight excluding hydrogens is 372 g/mol. The molecule has 0 amide bonds. The molecule has 2 aromatic rings. The van der Waals surface area contributed by atoms with Crippen molar-refractivity contribution in [1.29, 1.82) is 0 Å². The van der Waals surface area contributed by atoms with E-state index in [1.54, 1.807) is 0 Å². The van der Waals surface area contributed by atoms with Crippen LogP contribution in [-0.4, -0.2) is 0 Å². The first-order valence-electron chi connectivity index (χ1n) is 5.88. The predicted octanol–water partition coefficient (Wildman–Crippen LogP) is 4.42. The minimum absolute atomic E-state index is 0.100. The molecule has 0 fully saturated rings. The summed E-state index contributed by atoms with van der Waals surface area (Å²) in [7, 11) is 0. The van der Waals surface area contributed by atoms with Crippen LogP contribution < -0.4 is 11.3 Å². The Kier molecular flexibility index (Phi) is 5.03. The van der Waals surface area contributed by atoms with Crippen molar-refractivity contribution < 1.29 is 17.6 Å². The van der Waals surface area contributed by atoms with Gasteiger partial charge in [0.05, 0.1) is 15.4 Å². The Morgan fingerprint density at radius 2 is 1.95 bits per heavy atom. The molecule has 2 nitrogen and oxygen atoms in total. The largest absolute Gasteiger partial charge is 0.416 e. The van der Waals surface area contributed by atoms with Gasteiger partial charge in [0, 0.05) is 16.9 Å². The first-order chi connectivity index (χ1) is 9.81. The molecule has 0 aliphatic heterocycles. The van der Waals surface area contributed by atoms with Gasteiger partial charge in [-0.25, -0.2) is 4.39 Å². The predicted molar refractivity (Wildman–Crippen MR) is 77.2 cm³/mol. The highest BCUT2D eigenvalue weighted by Crippen LogP contribution is 2.33. The van der Waals surface area contributed by atoms with Crippen molar-refractivity contribution in [3.63, 3.8) is 0 Å². The molecule has 1 unspecified atom stereocenters. The molecule has 8 heteroatoms. The lowest BCUT2D eigenvalue weighted by molar-refractivity contribution is -0.137. The Balaban J connectivity index is 2.33. The summed E-state index contributed by atoms with van der Waals surface area (Å²) in [4.78, 5) is 0.877. The number of rotatable bonds is 4. The highest BCUT2D eigenvalue weighted by Gasteiger charge is 2.32. The third-order valence-corrected chi connectivity index (χ3v) is 4.58. The number of hydrogen-bond donors (Lipinski definition) is 2. The molecule has 0 saturated heterocycles. The number of hydrogen-bond acceptors (Lipinski definition) is 3. The van der Waals surface area contributed by atoms with Gasteiger partial charge in [0.25, 0.3) is 0 Å². The number of hydrazine groups is 1. The van der Waals surface area contributed by atoms with E-state index in [1.165, 1.54) is 11.3 Å². The molecule has 0 bridgehead atoms. The van der Waals surface area contributed by atoms with Crippen LogP contribution in [0.1, 0.15) is 22.0 Å². The van der Waals surface area contributed by atoms with E-state index in [9.17, 15) is 17.6 Å². The maximum absolute atomic E-state index is 13.8. The monoisotopic (exact) mass is 382 g/mol. The maximum atomic E-state index is 13.8. The average Bonchev–Trinajstić information content (AvgIpc) is 2.81. The third-order valence-electron chi connectivity index (χ3n) is 2.93. The zero-order valence-electron chi connectivity index (χ0n) is 10.5. The summed E-state index contributed by atoms with van der Waals surface area (Å²) >= 11 is 4.71. The number of nitrogens with two attached hydrogens (primary N) is 1. The van der Waals surface area contributed by atoms with Gasteiger partial charge in [-0.05, 0) is 46.3 Å². The Morgan fingerprint density at radius 3 is 2.48 bits per heavy atom. The van der Waals surface area contributed by atoms with Crippen LogP contribution in [0.2, 0.25) is 0 Å². The van der Waals surface area contributed by atoms with Crippen LogP contribution >= 0.6 is 27.3 Å². The van der Waals surface area contributed by atoms with Gasteiger partial charge in [0.1, 0.15) is 5.82 Å². The van der Waals surface area contributed by atoms with Gasteiger partial charge in [-0.2, -0.15) is 13.2 Å². The van der Waals surface area contributed by atoms with Gasteiger partial charge >= 0.3 is 6.18 Å². The summed E-state index contributed by atoms with van der Waals surface area (Å²) in [5.41, 5.74) is 1.38. The molecule has 114 valence electrons. The third kappa shape index (κ3) is 4.03. The van der Waals surface area contributed by atoms with E-state index in [-0.39, 0.29) is 5.56 Å². The molecule has 1 atom stereocenters. The van der Waals surface area contributed by atoms with Crippen LogP contribution in [0.5, 0.6) is 0 Å². The fourth-order valence-corrected chi connectivity index (χ4v) is 3.44. The summed E-state index contributed by atoms with van der Waals surface area (Å²) in [6.07, 6.45) is -4.22. The van der Waals surface area contributed by atoms with Crippen molar-refractivity contribution in [1.82, 2.24) is 5.43 Å². The maximum Gasteiger partial charge on any atom is 0.416 e. The average molecular weight is 383 g/mol. The Hall–Kier alpha value is -0.960. The zero-order valence-corrected chi connectivity index (χ0v) is 12.9. The normalized spacial score (nSPS) is 13.4. The molecule has 21 heavy (non-hydrogen) atoms. The van der Waals surface area contributed by atoms with Gasteiger partial charge in [-0.15, -0.1) is 11.3 Å². The number of alkyl halides is 3. The lowest BCUT2D eigenvalue weighted by Crippen LogP contribution is -2.30. The highest BCUT2D eigenvalue weighted by molar-refractivity contribution is 9.11. The molecule has 1 aromatic carbocycles. The lowest BCUT2D eigenvalue weighted by Gasteiger charge is -2.18. The standard InChI is InChI=1S/C13H11BrF4N2S/c14-12-4-2-8(21-12)6-11(20-19)9-5-7(13(16,17)18)1-3-10(9)15/h1-5,11,20H,6,19H2. The van der Waals surface area contributed by atoms with Gasteiger partial charge < -0.3 is 0 Å². The molecular formula is C13H11BrF4N2S. The second-order valence-corrected chi connectivity index (χ2v) is 6.91.